The molecular weight excluding hydrogens is 478 g/mol. The molecule has 9 heteroatoms. The Morgan fingerprint density at radius 1 is 0.737 bits per heavy atom. The van der Waals surface area contributed by atoms with Gasteiger partial charge in [0.25, 0.3) is 0 Å². The quantitative estimate of drug-likeness (QED) is 0.215. The van der Waals surface area contributed by atoms with Crippen LogP contribution >= 0.6 is 0 Å². The van der Waals surface area contributed by atoms with Crippen LogP contribution < -0.4 is 26.0 Å². The average Bonchev–Trinajstić information content (AvgIpc) is 2.83. The zero-order valence-corrected chi connectivity index (χ0v) is 22.5. The van der Waals surface area contributed by atoms with Crippen molar-refractivity contribution in [2.75, 3.05) is 28.4 Å². The molecule has 0 aliphatic heterocycles. The predicted molar refractivity (Wildman–Crippen MR) is 153 cm³/mol. The maximum Gasteiger partial charge on any atom is 0.246 e. The van der Waals surface area contributed by atoms with Gasteiger partial charge in [-0.3, -0.25) is 4.79 Å². The van der Waals surface area contributed by atoms with Gasteiger partial charge in [0.15, 0.2) is 0 Å². The van der Waals surface area contributed by atoms with E-state index in [1.165, 1.54) is 0 Å². The Bertz CT molecular complexity index is 1340. The van der Waals surface area contributed by atoms with Gasteiger partial charge in [0.05, 0.1) is 12.8 Å². The summed E-state index contributed by atoms with van der Waals surface area (Å²) < 4.78 is 5.34. The molecule has 1 aromatic heterocycles. The summed E-state index contributed by atoms with van der Waals surface area (Å²) in [6.45, 7) is 9.88. The molecule has 0 aliphatic carbocycles. The Labute approximate surface area is 223 Å². The zero-order valence-electron chi connectivity index (χ0n) is 22.5. The van der Waals surface area contributed by atoms with E-state index in [-0.39, 0.29) is 11.9 Å². The smallest absolute Gasteiger partial charge is 0.246 e. The van der Waals surface area contributed by atoms with E-state index in [1.807, 2.05) is 64.1 Å². The first kappa shape index (κ1) is 26.4. The number of aromatic nitrogens is 3. The summed E-state index contributed by atoms with van der Waals surface area (Å²) >= 11 is 0. The highest BCUT2D eigenvalue weighted by atomic mass is 16.5. The maximum absolute atomic E-state index is 13.0. The van der Waals surface area contributed by atoms with Crippen molar-refractivity contribution in [3.63, 3.8) is 0 Å². The van der Waals surface area contributed by atoms with Crippen molar-refractivity contribution < 1.29 is 9.53 Å². The number of anilines is 6. The molecule has 0 radical (unpaired) electrons. The lowest BCUT2D eigenvalue weighted by Crippen LogP contribution is -2.32. The first-order valence-corrected chi connectivity index (χ1v) is 12.4. The summed E-state index contributed by atoms with van der Waals surface area (Å²) in [6, 6.07) is 18.9. The Kier molecular flexibility index (Phi) is 8.06. The monoisotopic (exact) mass is 511 g/mol. The summed E-state index contributed by atoms with van der Waals surface area (Å²) in [5, 5.41) is 12.5. The van der Waals surface area contributed by atoms with Gasteiger partial charge in [-0.05, 0) is 93.3 Å². The summed E-state index contributed by atoms with van der Waals surface area (Å²) in [7, 11) is 1.56. The second-order valence-corrected chi connectivity index (χ2v) is 9.36. The van der Waals surface area contributed by atoms with Gasteiger partial charge in [0.1, 0.15) is 11.8 Å². The standard InChI is InChI=1S/C29H33N7O2/c1-17-11-18(2)14-22(13-17)31-28-34-27(35-29(36-28)32-23-15-19(3)12-20(4)16-23)30-21(5)26(37)33-24-9-7-8-10-25(24)38-6/h7-16,21H,1-6H3,(H,33,37)(H3,30,31,32,34,35,36)/t21-/m1/s1. The molecule has 3 aromatic carbocycles. The summed E-state index contributed by atoms with van der Waals surface area (Å²) in [5.74, 6) is 1.26. The molecule has 0 spiro atoms. The van der Waals surface area contributed by atoms with Gasteiger partial charge in [0, 0.05) is 11.4 Å². The molecule has 4 N–H and O–H groups in total. The van der Waals surface area contributed by atoms with Gasteiger partial charge in [-0.25, -0.2) is 0 Å². The van der Waals surface area contributed by atoms with Crippen molar-refractivity contribution in [3.05, 3.63) is 82.9 Å². The fourth-order valence-corrected chi connectivity index (χ4v) is 4.15. The van der Waals surface area contributed by atoms with Gasteiger partial charge in [-0.2, -0.15) is 15.0 Å². The van der Waals surface area contributed by atoms with Crippen LogP contribution in [0.2, 0.25) is 0 Å². The topological polar surface area (TPSA) is 113 Å². The first-order chi connectivity index (χ1) is 18.2. The van der Waals surface area contributed by atoms with Crippen molar-refractivity contribution in [1.29, 1.82) is 0 Å². The van der Waals surface area contributed by atoms with Crippen molar-refractivity contribution in [2.45, 2.75) is 40.7 Å². The number of amides is 1. The van der Waals surface area contributed by atoms with E-state index in [4.69, 9.17) is 4.74 Å². The lowest BCUT2D eigenvalue weighted by Gasteiger charge is -2.17. The fraction of sp³-hybridized carbons (Fsp3) is 0.241. The number of nitrogens with zero attached hydrogens (tertiary/aromatic N) is 3. The van der Waals surface area contributed by atoms with Crippen LogP contribution in [0.25, 0.3) is 0 Å². The molecule has 0 saturated heterocycles. The van der Waals surface area contributed by atoms with Crippen LogP contribution in [0, 0.1) is 27.7 Å². The number of rotatable bonds is 9. The Balaban J connectivity index is 1.60. The number of carbonyl (C=O) groups is 1. The van der Waals surface area contributed by atoms with Gasteiger partial charge < -0.3 is 26.0 Å². The van der Waals surface area contributed by atoms with Crippen LogP contribution in [-0.2, 0) is 4.79 Å². The summed E-state index contributed by atoms with van der Waals surface area (Å²) in [6.07, 6.45) is 0. The highest BCUT2D eigenvalue weighted by Gasteiger charge is 2.17. The third kappa shape index (κ3) is 6.97. The van der Waals surface area contributed by atoms with E-state index < -0.39 is 6.04 Å². The van der Waals surface area contributed by atoms with Crippen LogP contribution in [0.1, 0.15) is 29.2 Å². The molecule has 9 nitrogen and oxygen atoms in total. The molecule has 0 unspecified atom stereocenters. The summed E-state index contributed by atoms with van der Waals surface area (Å²) in [5.41, 5.74) is 6.78. The number of benzene rings is 3. The summed E-state index contributed by atoms with van der Waals surface area (Å²) in [4.78, 5) is 26.6. The fourth-order valence-electron chi connectivity index (χ4n) is 4.15. The highest BCUT2D eigenvalue weighted by molar-refractivity contribution is 5.97. The number of methoxy groups -OCH3 is 1. The van der Waals surface area contributed by atoms with Gasteiger partial charge >= 0.3 is 0 Å². The zero-order chi connectivity index (χ0) is 27.2. The molecule has 4 aromatic rings. The van der Waals surface area contributed by atoms with E-state index in [9.17, 15) is 4.79 Å². The van der Waals surface area contributed by atoms with Crippen molar-refractivity contribution >= 4 is 40.8 Å². The highest BCUT2D eigenvalue weighted by Crippen LogP contribution is 2.24. The molecule has 1 heterocycles. The van der Waals surface area contributed by atoms with Crippen LogP contribution in [0.5, 0.6) is 5.75 Å². The lowest BCUT2D eigenvalue weighted by atomic mass is 10.1. The lowest BCUT2D eigenvalue weighted by molar-refractivity contribution is -0.116. The SMILES string of the molecule is COc1ccccc1NC(=O)[C@@H](C)Nc1nc(Nc2cc(C)cc(C)c2)nc(Nc2cc(C)cc(C)c2)n1. The number of para-hydroxylation sites is 2. The average molecular weight is 512 g/mol. The second kappa shape index (κ2) is 11.6. The van der Waals surface area contributed by atoms with E-state index in [0.29, 0.717) is 23.3 Å². The van der Waals surface area contributed by atoms with E-state index in [2.05, 4.69) is 48.4 Å². The molecule has 1 atom stereocenters. The molecule has 38 heavy (non-hydrogen) atoms. The number of carbonyl (C=O) groups excluding carboxylic acids is 1. The minimum Gasteiger partial charge on any atom is -0.495 e. The van der Waals surface area contributed by atoms with Crippen molar-refractivity contribution in [1.82, 2.24) is 15.0 Å². The third-order valence-electron chi connectivity index (χ3n) is 5.69. The molecule has 196 valence electrons. The second-order valence-electron chi connectivity index (χ2n) is 9.36. The first-order valence-electron chi connectivity index (χ1n) is 12.4. The Morgan fingerprint density at radius 3 is 1.71 bits per heavy atom. The molecular formula is C29H33N7O2. The molecule has 4 rings (SSSR count). The molecule has 0 fully saturated rings. The van der Waals surface area contributed by atoms with Crippen LogP contribution in [0.4, 0.5) is 34.9 Å². The minimum absolute atomic E-state index is 0.251. The molecule has 1 amide bonds. The molecule has 0 saturated carbocycles. The van der Waals surface area contributed by atoms with Crippen molar-refractivity contribution in [2.24, 2.45) is 0 Å². The van der Waals surface area contributed by atoms with E-state index in [0.717, 1.165) is 33.6 Å². The van der Waals surface area contributed by atoms with Crippen LogP contribution in [0.3, 0.4) is 0 Å². The Hall–Kier alpha value is -4.66. The molecule has 0 aliphatic rings. The molecule has 0 bridgehead atoms. The van der Waals surface area contributed by atoms with E-state index >= 15 is 0 Å². The maximum atomic E-state index is 13.0. The van der Waals surface area contributed by atoms with Gasteiger partial charge in [-0.15, -0.1) is 0 Å². The predicted octanol–water partition coefficient (Wildman–Crippen LogP) is 6.04. The van der Waals surface area contributed by atoms with Crippen molar-refractivity contribution in [3.8, 4) is 5.75 Å². The number of nitrogens with one attached hydrogen (secondary N) is 4. The normalized spacial score (nSPS) is 11.4. The van der Waals surface area contributed by atoms with Crippen LogP contribution in [0.15, 0.2) is 60.7 Å². The van der Waals surface area contributed by atoms with Crippen LogP contribution in [-0.4, -0.2) is 34.0 Å². The number of hydrogen-bond acceptors (Lipinski definition) is 8. The number of ether oxygens (including phenoxy) is 1. The van der Waals surface area contributed by atoms with Gasteiger partial charge in [0.2, 0.25) is 23.8 Å². The Morgan fingerprint density at radius 2 is 1.21 bits per heavy atom. The largest absolute Gasteiger partial charge is 0.495 e. The number of hydrogen-bond donors (Lipinski definition) is 4. The van der Waals surface area contributed by atoms with E-state index in [1.54, 1.807) is 26.2 Å². The van der Waals surface area contributed by atoms with Gasteiger partial charge in [-0.1, -0.05) is 24.3 Å². The minimum atomic E-state index is -0.648. The number of aryl methyl sites for hydroxylation is 4. The third-order valence-corrected chi connectivity index (χ3v) is 5.69.